The van der Waals surface area contributed by atoms with Crippen molar-refractivity contribution in [2.24, 2.45) is 5.16 Å². The minimum Gasteiger partial charge on any atom is -0.411 e. The van der Waals surface area contributed by atoms with Crippen LogP contribution in [0.4, 0.5) is 0 Å². The molecule has 0 amide bonds. The highest BCUT2D eigenvalue weighted by Gasteiger charge is 2.05. The lowest BCUT2D eigenvalue weighted by molar-refractivity contribution is 0.319. The van der Waals surface area contributed by atoms with E-state index >= 15 is 0 Å². The molecule has 26 heavy (non-hydrogen) atoms. The third kappa shape index (κ3) is 4.51. The van der Waals surface area contributed by atoms with E-state index < -0.39 is 0 Å². The molecule has 0 fully saturated rings. The number of pyridine rings is 3. The van der Waals surface area contributed by atoms with Crippen molar-refractivity contribution in [1.29, 1.82) is 0 Å². The van der Waals surface area contributed by atoms with E-state index in [1.807, 2.05) is 61.5 Å². The summed E-state index contributed by atoms with van der Waals surface area (Å²) >= 11 is 0. The monoisotopic (exact) mass is 346 g/mol. The van der Waals surface area contributed by atoms with Crippen molar-refractivity contribution in [3.05, 3.63) is 77.4 Å². The number of rotatable bonds is 6. The van der Waals surface area contributed by atoms with Gasteiger partial charge in [0, 0.05) is 17.1 Å². The van der Waals surface area contributed by atoms with Gasteiger partial charge >= 0.3 is 0 Å². The van der Waals surface area contributed by atoms with E-state index in [1.54, 1.807) is 6.92 Å². The maximum absolute atomic E-state index is 8.88. The van der Waals surface area contributed by atoms with Crippen molar-refractivity contribution in [1.82, 2.24) is 15.0 Å². The smallest absolute Gasteiger partial charge is 0.102 e. The molecule has 3 aromatic rings. The summed E-state index contributed by atoms with van der Waals surface area (Å²) < 4.78 is 0. The summed E-state index contributed by atoms with van der Waals surface area (Å²) in [4.78, 5) is 13.8. The van der Waals surface area contributed by atoms with Crippen LogP contribution in [0.25, 0.3) is 11.4 Å². The van der Waals surface area contributed by atoms with Crippen LogP contribution >= 0.6 is 0 Å². The van der Waals surface area contributed by atoms with Gasteiger partial charge < -0.3 is 5.21 Å². The van der Waals surface area contributed by atoms with Crippen molar-refractivity contribution in [3.8, 4) is 11.4 Å². The van der Waals surface area contributed by atoms with E-state index in [0.29, 0.717) is 11.4 Å². The van der Waals surface area contributed by atoms with Gasteiger partial charge in [-0.15, -0.1) is 0 Å². The average Bonchev–Trinajstić information content (AvgIpc) is 2.68. The largest absolute Gasteiger partial charge is 0.411 e. The van der Waals surface area contributed by atoms with Gasteiger partial charge in [0.1, 0.15) is 5.71 Å². The van der Waals surface area contributed by atoms with Gasteiger partial charge in [-0.1, -0.05) is 23.4 Å². The van der Waals surface area contributed by atoms with Gasteiger partial charge in [0.2, 0.25) is 0 Å². The van der Waals surface area contributed by atoms with Crippen LogP contribution in [0.3, 0.4) is 0 Å². The maximum atomic E-state index is 8.88. The number of aromatic nitrogens is 3. The van der Waals surface area contributed by atoms with Crippen LogP contribution in [0.5, 0.6) is 0 Å². The fraction of sp³-hybridized carbons (Fsp3) is 0.238. The minimum absolute atomic E-state index is 0.520. The molecule has 0 aliphatic heterocycles. The highest BCUT2D eigenvalue weighted by molar-refractivity contribution is 5.96. The maximum Gasteiger partial charge on any atom is 0.102 e. The predicted molar refractivity (Wildman–Crippen MR) is 102 cm³/mol. The highest BCUT2D eigenvalue weighted by atomic mass is 16.4. The molecule has 0 atom stereocenters. The Labute approximate surface area is 153 Å². The molecule has 0 aliphatic rings. The van der Waals surface area contributed by atoms with E-state index in [4.69, 9.17) is 10.2 Å². The molecule has 0 unspecified atom stereocenters. The lowest BCUT2D eigenvalue weighted by atomic mass is 10.1. The second-order valence-electron chi connectivity index (χ2n) is 6.23. The third-order valence-corrected chi connectivity index (χ3v) is 4.15. The van der Waals surface area contributed by atoms with Crippen LogP contribution in [0, 0.1) is 6.92 Å². The summed E-state index contributed by atoms with van der Waals surface area (Å²) in [5, 5.41) is 12.1. The van der Waals surface area contributed by atoms with Gasteiger partial charge in [-0.05, 0) is 69.5 Å². The Kier molecular flexibility index (Phi) is 5.69. The molecular weight excluding hydrogens is 324 g/mol. The number of hydrogen-bond acceptors (Lipinski definition) is 5. The quantitative estimate of drug-likeness (QED) is 0.412. The standard InChI is InChI=1S/C21H22N4O/c1-15-7-3-13-20(22-15)21-14-6-11-18(24-21)9-4-8-17-10-5-12-19(23-17)16(2)25-26/h3,5-7,10-14,26H,4,8-9H2,1-2H3/b25-16+. The Hall–Kier alpha value is -3.08. The Bertz CT molecular complexity index is 921. The fourth-order valence-corrected chi connectivity index (χ4v) is 2.77. The zero-order chi connectivity index (χ0) is 18.4. The lowest BCUT2D eigenvalue weighted by Crippen LogP contribution is -2.02. The van der Waals surface area contributed by atoms with Crippen molar-refractivity contribution in [2.75, 3.05) is 0 Å². The van der Waals surface area contributed by atoms with Crippen molar-refractivity contribution in [2.45, 2.75) is 33.1 Å². The number of oxime groups is 1. The van der Waals surface area contributed by atoms with Crippen LogP contribution in [0.1, 0.15) is 36.1 Å². The van der Waals surface area contributed by atoms with Crippen LogP contribution in [-0.4, -0.2) is 25.9 Å². The number of aryl methyl sites for hydroxylation is 3. The molecule has 5 nitrogen and oxygen atoms in total. The summed E-state index contributed by atoms with van der Waals surface area (Å²) in [6.45, 7) is 3.72. The molecule has 0 bridgehead atoms. The molecule has 0 spiro atoms. The molecule has 3 heterocycles. The second-order valence-corrected chi connectivity index (χ2v) is 6.23. The summed E-state index contributed by atoms with van der Waals surface area (Å²) in [7, 11) is 0. The van der Waals surface area contributed by atoms with Gasteiger partial charge in [-0.3, -0.25) is 15.0 Å². The summed E-state index contributed by atoms with van der Waals surface area (Å²) in [6, 6.07) is 17.8. The molecule has 0 aromatic carbocycles. The Morgan fingerprint density at radius 2 is 1.46 bits per heavy atom. The lowest BCUT2D eigenvalue weighted by Gasteiger charge is -2.06. The summed E-state index contributed by atoms with van der Waals surface area (Å²) in [5.41, 5.74) is 6.06. The van der Waals surface area contributed by atoms with Crippen LogP contribution in [0.2, 0.25) is 0 Å². The molecule has 0 saturated heterocycles. The fourth-order valence-electron chi connectivity index (χ4n) is 2.77. The SMILES string of the molecule is C/C(=N\O)c1cccc(CCCc2cccc(-c3cccc(C)n3)n2)n1. The van der Waals surface area contributed by atoms with E-state index in [2.05, 4.69) is 15.1 Å². The first kappa shape index (κ1) is 17.7. The molecule has 5 heteroatoms. The Morgan fingerprint density at radius 1 is 0.846 bits per heavy atom. The van der Waals surface area contributed by atoms with Crippen molar-refractivity contribution < 1.29 is 5.21 Å². The second kappa shape index (κ2) is 8.34. The molecule has 3 aromatic heterocycles. The van der Waals surface area contributed by atoms with Crippen LogP contribution in [-0.2, 0) is 12.8 Å². The molecule has 0 aliphatic carbocycles. The van der Waals surface area contributed by atoms with Crippen LogP contribution in [0.15, 0.2) is 59.8 Å². The summed E-state index contributed by atoms with van der Waals surface area (Å²) in [5.74, 6) is 0. The number of hydrogen-bond donors (Lipinski definition) is 1. The topological polar surface area (TPSA) is 71.3 Å². The van der Waals surface area contributed by atoms with Gasteiger partial charge in [-0.25, -0.2) is 0 Å². The van der Waals surface area contributed by atoms with E-state index in [9.17, 15) is 0 Å². The summed E-state index contributed by atoms with van der Waals surface area (Å²) in [6.07, 6.45) is 2.67. The van der Waals surface area contributed by atoms with Gasteiger partial charge in [0.15, 0.2) is 0 Å². The normalized spacial score (nSPS) is 11.5. The Morgan fingerprint density at radius 3 is 2.15 bits per heavy atom. The van der Waals surface area contributed by atoms with Crippen LogP contribution < -0.4 is 0 Å². The van der Waals surface area contributed by atoms with Gasteiger partial charge in [-0.2, -0.15) is 0 Å². The molecule has 1 N–H and O–H groups in total. The molecule has 3 rings (SSSR count). The van der Waals surface area contributed by atoms with E-state index in [0.717, 1.165) is 47.7 Å². The first-order valence-electron chi connectivity index (χ1n) is 8.70. The average molecular weight is 346 g/mol. The van der Waals surface area contributed by atoms with Crippen molar-refractivity contribution >= 4 is 5.71 Å². The highest BCUT2D eigenvalue weighted by Crippen LogP contribution is 2.16. The first-order valence-corrected chi connectivity index (χ1v) is 8.70. The zero-order valence-electron chi connectivity index (χ0n) is 15.1. The molecule has 132 valence electrons. The third-order valence-electron chi connectivity index (χ3n) is 4.15. The molecule has 0 radical (unpaired) electrons. The van der Waals surface area contributed by atoms with Gasteiger partial charge in [0.25, 0.3) is 0 Å². The molecular formula is C21H22N4O. The minimum atomic E-state index is 0.520. The first-order chi connectivity index (χ1) is 12.7. The zero-order valence-corrected chi connectivity index (χ0v) is 15.1. The van der Waals surface area contributed by atoms with Gasteiger partial charge in [0.05, 0.1) is 17.1 Å². The predicted octanol–water partition coefficient (Wildman–Crippen LogP) is 4.22. The molecule has 0 saturated carbocycles. The van der Waals surface area contributed by atoms with E-state index in [-0.39, 0.29) is 0 Å². The Balaban J connectivity index is 1.65. The van der Waals surface area contributed by atoms with Crippen molar-refractivity contribution in [3.63, 3.8) is 0 Å². The number of nitrogens with zero attached hydrogens (tertiary/aromatic N) is 4. The van der Waals surface area contributed by atoms with E-state index in [1.165, 1.54) is 0 Å².